The lowest BCUT2D eigenvalue weighted by molar-refractivity contribution is 0.585. The molecule has 0 atom stereocenters. The Morgan fingerprint density at radius 1 is 1.29 bits per heavy atom. The van der Waals surface area contributed by atoms with E-state index < -0.39 is 10.1 Å². The molecule has 7 heteroatoms. The first-order valence-electron chi connectivity index (χ1n) is 1.78. The highest BCUT2D eigenvalue weighted by molar-refractivity contribution is 6.26. The molecular formula is H11FO2Si4. The summed E-state index contributed by atoms with van der Waals surface area (Å²) in [5.41, 5.74) is 0. The monoisotopic (exact) mass is 174 g/mol. The minimum atomic E-state index is -1.51. The Hall–Kier alpha value is 0.718. The maximum atomic E-state index is 10.7. The molecular weight excluding hydrogens is 163 g/mol. The van der Waals surface area contributed by atoms with Gasteiger partial charge in [-0.1, -0.05) is 0 Å². The van der Waals surface area contributed by atoms with Crippen LogP contribution in [-0.4, -0.2) is 41.6 Å². The summed E-state index contributed by atoms with van der Waals surface area (Å²) in [6, 6.07) is 0. The highest BCUT2D eigenvalue weighted by atomic mass is 28.3. The molecule has 2 nitrogen and oxygen atoms in total. The third kappa shape index (κ3) is 50.7. The zero-order valence-corrected chi connectivity index (χ0v) is 12.3. The van der Waals surface area contributed by atoms with Gasteiger partial charge in [0.05, 0.1) is 0 Å². The highest BCUT2D eigenvalue weighted by Crippen LogP contribution is 1.50. The first-order valence-corrected chi connectivity index (χ1v) is 5.34. The molecule has 0 aliphatic rings. The van der Waals surface area contributed by atoms with Crippen LogP contribution in [0.1, 0.15) is 0 Å². The summed E-state index contributed by atoms with van der Waals surface area (Å²) in [5, 5.41) is 0. The van der Waals surface area contributed by atoms with Crippen molar-refractivity contribution < 1.29 is 12.3 Å². The van der Waals surface area contributed by atoms with Gasteiger partial charge in [0.15, 0.2) is 0 Å². The van der Waals surface area contributed by atoms with Gasteiger partial charge in [0.1, 0.15) is 31.5 Å². The van der Waals surface area contributed by atoms with Crippen LogP contribution in [0.5, 0.6) is 0 Å². The van der Waals surface area contributed by atoms with E-state index in [4.69, 9.17) is 0 Å². The molecule has 0 aliphatic heterocycles. The summed E-state index contributed by atoms with van der Waals surface area (Å²) in [7, 11) is 0.924. The summed E-state index contributed by atoms with van der Waals surface area (Å²) < 4.78 is 19.4. The zero-order valence-electron chi connectivity index (χ0n) is 4.90. The number of hydrogen-bond donors (Lipinski definition) is 0. The molecule has 0 radical (unpaired) electrons. The van der Waals surface area contributed by atoms with Crippen molar-refractivity contribution in [2.45, 2.75) is 0 Å². The summed E-state index contributed by atoms with van der Waals surface area (Å²) >= 11 is 0. The van der Waals surface area contributed by atoms with Crippen LogP contribution < -0.4 is 0 Å². The molecule has 0 spiro atoms. The summed E-state index contributed by atoms with van der Waals surface area (Å²) in [5.74, 6) is 0. The lowest BCUT2D eigenvalue weighted by atomic mass is 15.8. The minimum Gasteiger partial charge on any atom is -0.471 e. The van der Waals surface area contributed by atoms with Gasteiger partial charge in [-0.15, -0.1) is 0 Å². The second-order valence-corrected chi connectivity index (χ2v) is 6.60. The summed E-state index contributed by atoms with van der Waals surface area (Å²) in [4.78, 5) is 0. The topological polar surface area (TPSA) is 18.5 Å². The molecule has 7 heavy (non-hydrogen) atoms. The van der Waals surface area contributed by atoms with E-state index in [9.17, 15) is 4.11 Å². The van der Waals surface area contributed by atoms with E-state index in [0.29, 0.717) is 10.5 Å². The van der Waals surface area contributed by atoms with Gasteiger partial charge in [0.2, 0.25) is 0 Å². The van der Waals surface area contributed by atoms with Crippen LogP contribution >= 0.6 is 0 Å². The molecule has 0 rings (SSSR count). The fourth-order valence-electron chi connectivity index (χ4n) is 0. The maximum Gasteiger partial charge on any atom is 0.342 e. The van der Waals surface area contributed by atoms with E-state index in [1.54, 1.807) is 0 Å². The van der Waals surface area contributed by atoms with E-state index in [0.717, 1.165) is 21.0 Å². The number of hydrogen-bond acceptors (Lipinski definition) is 2. The molecule has 0 saturated heterocycles. The zero-order chi connectivity index (χ0) is 6.12. The second kappa shape index (κ2) is 15.9. The van der Waals surface area contributed by atoms with Crippen molar-refractivity contribution >= 4 is 41.6 Å². The van der Waals surface area contributed by atoms with E-state index >= 15 is 0 Å². The van der Waals surface area contributed by atoms with Gasteiger partial charge in [-0.3, -0.25) is 4.11 Å². The first kappa shape index (κ1) is 10.7. The first-order chi connectivity index (χ1) is 3.33. The van der Waals surface area contributed by atoms with Crippen LogP contribution in [0.3, 0.4) is 0 Å². The SMILES string of the molecule is F[SiH2]O[SiH3].[SiH3]O[SiH3]. The number of rotatable bonds is 1. The standard InChI is InChI=1S/FH5OSi2.H6OSi2/c1-4-2-3;2-1-3/h4H2,3H3;2-3H3. The number of halogens is 1. The quantitative estimate of drug-likeness (QED) is 0.297. The molecule has 0 amide bonds. The molecule has 0 fully saturated rings. The van der Waals surface area contributed by atoms with Crippen LogP contribution in [0, 0.1) is 0 Å². The van der Waals surface area contributed by atoms with E-state index in [-0.39, 0.29) is 0 Å². The van der Waals surface area contributed by atoms with Crippen LogP contribution in [-0.2, 0) is 8.23 Å². The Kier molecular flexibility index (Phi) is 24.2. The Morgan fingerprint density at radius 3 is 1.43 bits per heavy atom. The predicted octanol–water partition coefficient (Wildman–Crippen LogP) is -4.18. The van der Waals surface area contributed by atoms with Crippen molar-refractivity contribution in [1.82, 2.24) is 0 Å². The van der Waals surface area contributed by atoms with E-state index in [1.165, 1.54) is 0 Å². The molecule has 0 N–H and O–H groups in total. The van der Waals surface area contributed by atoms with E-state index in [2.05, 4.69) is 8.23 Å². The Balaban J connectivity index is 0. The predicted molar refractivity (Wildman–Crippen MR) is 41.6 cm³/mol. The van der Waals surface area contributed by atoms with Gasteiger partial charge in [-0.05, 0) is 0 Å². The Labute approximate surface area is 54.5 Å². The van der Waals surface area contributed by atoms with Crippen LogP contribution in [0.4, 0.5) is 4.11 Å². The van der Waals surface area contributed by atoms with Crippen LogP contribution in [0.25, 0.3) is 0 Å². The molecule has 0 aromatic carbocycles. The van der Waals surface area contributed by atoms with Crippen molar-refractivity contribution in [2.24, 2.45) is 0 Å². The summed E-state index contributed by atoms with van der Waals surface area (Å²) in [6.07, 6.45) is 0. The molecule has 0 heterocycles. The normalized spacial score (nSPS) is 9.86. The molecule has 0 aromatic rings. The molecule has 0 aromatic heterocycles. The lowest BCUT2D eigenvalue weighted by Crippen LogP contribution is -1.80. The van der Waals surface area contributed by atoms with Gasteiger partial charge in [-0.2, -0.15) is 0 Å². The van der Waals surface area contributed by atoms with Crippen molar-refractivity contribution in [3.05, 3.63) is 0 Å². The molecule has 0 bridgehead atoms. The average Bonchev–Trinajstić information content (AvgIpc) is 1.69. The second-order valence-electron chi connectivity index (χ2n) is 0.806. The third-order valence-electron chi connectivity index (χ3n) is 0.109. The highest BCUT2D eigenvalue weighted by Gasteiger charge is 1.60. The third-order valence-corrected chi connectivity index (χ3v) is 0.982. The van der Waals surface area contributed by atoms with E-state index in [1.807, 2.05) is 0 Å². The maximum absolute atomic E-state index is 10.7. The van der Waals surface area contributed by atoms with Crippen LogP contribution in [0.2, 0.25) is 0 Å². The fraction of sp³-hybridized carbons (Fsp3) is 0. The fourth-order valence-corrected chi connectivity index (χ4v) is 0. The van der Waals surface area contributed by atoms with Crippen molar-refractivity contribution in [2.75, 3.05) is 0 Å². The van der Waals surface area contributed by atoms with Gasteiger partial charge in [0.25, 0.3) is 0 Å². The smallest absolute Gasteiger partial charge is 0.342 e. The van der Waals surface area contributed by atoms with Crippen molar-refractivity contribution in [3.8, 4) is 0 Å². The van der Waals surface area contributed by atoms with Gasteiger partial charge in [-0.25, -0.2) is 0 Å². The Morgan fingerprint density at radius 2 is 1.43 bits per heavy atom. The van der Waals surface area contributed by atoms with Crippen molar-refractivity contribution in [1.29, 1.82) is 0 Å². The molecule has 0 unspecified atom stereocenters. The largest absolute Gasteiger partial charge is 0.471 e. The molecule has 46 valence electrons. The lowest BCUT2D eigenvalue weighted by Gasteiger charge is -1.72. The minimum absolute atomic E-state index is 0.576. The van der Waals surface area contributed by atoms with Gasteiger partial charge >= 0.3 is 10.1 Å². The van der Waals surface area contributed by atoms with Crippen LogP contribution in [0.15, 0.2) is 0 Å². The summed E-state index contributed by atoms with van der Waals surface area (Å²) in [6.45, 7) is 0. The Bertz CT molecular complexity index is 17.2. The molecule has 0 saturated carbocycles. The average molecular weight is 174 g/mol. The van der Waals surface area contributed by atoms with Crippen molar-refractivity contribution in [3.63, 3.8) is 0 Å². The van der Waals surface area contributed by atoms with Gasteiger partial charge in [0, 0.05) is 0 Å². The van der Waals surface area contributed by atoms with Gasteiger partial charge < -0.3 is 8.23 Å². The molecule has 0 aliphatic carbocycles.